The molecule has 0 saturated heterocycles. The van der Waals surface area contributed by atoms with E-state index in [1.165, 1.54) is 26.2 Å². The molecule has 6 nitrogen and oxygen atoms in total. The van der Waals surface area contributed by atoms with Gasteiger partial charge >= 0.3 is 5.97 Å². The maximum absolute atomic E-state index is 13.8. The summed E-state index contributed by atoms with van der Waals surface area (Å²) in [7, 11) is 1.23. The molecule has 0 atom stereocenters. The van der Waals surface area contributed by atoms with Crippen LogP contribution in [-0.4, -0.2) is 23.2 Å². The molecule has 0 aliphatic heterocycles. The number of rotatable bonds is 3. The van der Waals surface area contributed by atoms with E-state index in [4.69, 9.17) is 10.3 Å². The highest BCUT2D eigenvalue weighted by molar-refractivity contribution is 5.92. The van der Waals surface area contributed by atoms with E-state index in [1.54, 1.807) is 0 Å². The third-order valence-corrected chi connectivity index (χ3v) is 2.65. The maximum Gasteiger partial charge on any atom is 0.338 e. The molecule has 0 unspecified atom stereocenters. The van der Waals surface area contributed by atoms with Crippen LogP contribution >= 0.6 is 0 Å². The quantitative estimate of drug-likeness (QED) is 0.844. The summed E-state index contributed by atoms with van der Waals surface area (Å²) >= 11 is 0. The van der Waals surface area contributed by atoms with Crippen LogP contribution in [0, 0.1) is 12.7 Å². The van der Waals surface area contributed by atoms with Crippen molar-refractivity contribution in [1.82, 2.24) is 10.1 Å². The molecule has 0 bridgehead atoms. The molecule has 1 heterocycles. The van der Waals surface area contributed by atoms with Crippen LogP contribution in [0.4, 0.5) is 4.39 Å². The summed E-state index contributed by atoms with van der Waals surface area (Å²) in [4.78, 5) is 15.5. The Kier molecular flexibility index (Phi) is 3.57. The molecule has 2 aromatic rings. The van der Waals surface area contributed by atoms with E-state index in [1.807, 2.05) is 0 Å². The van der Waals surface area contributed by atoms with Gasteiger partial charge in [-0.25, -0.2) is 9.18 Å². The lowest BCUT2D eigenvalue weighted by Crippen LogP contribution is -2.06. The molecule has 2 N–H and O–H groups in total. The van der Waals surface area contributed by atoms with E-state index in [9.17, 15) is 9.18 Å². The monoisotopic (exact) mass is 265 g/mol. The molecule has 1 aromatic carbocycles. The predicted octanol–water partition coefficient (Wildman–Crippen LogP) is 1.43. The Balaban J connectivity index is 2.52. The standard InChI is InChI=1S/C12H12FN3O3/c1-6-8(12(17)18-2)3-7(4-9(6)13)11-15-10(5-14)19-16-11/h3-4H,5,14H2,1-2H3. The number of halogens is 1. The number of hydrogen-bond donors (Lipinski definition) is 1. The highest BCUT2D eigenvalue weighted by atomic mass is 19.1. The van der Waals surface area contributed by atoms with Crippen molar-refractivity contribution in [3.05, 3.63) is 35.0 Å². The van der Waals surface area contributed by atoms with Gasteiger partial charge < -0.3 is 15.0 Å². The van der Waals surface area contributed by atoms with Crippen molar-refractivity contribution < 1.29 is 18.4 Å². The maximum atomic E-state index is 13.8. The minimum atomic E-state index is -0.624. The smallest absolute Gasteiger partial charge is 0.338 e. The Labute approximate surface area is 108 Å². The van der Waals surface area contributed by atoms with Crippen LogP contribution in [0.5, 0.6) is 0 Å². The Bertz CT molecular complexity index is 625. The Morgan fingerprint density at radius 2 is 2.26 bits per heavy atom. The Hall–Kier alpha value is -2.28. The number of esters is 1. The fourth-order valence-electron chi connectivity index (χ4n) is 1.58. The molecule has 0 aliphatic rings. The molecule has 1 aromatic heterocycles. The predicted molar refractivity (Wildman–Crippen MR) is 63.7 cm³/mol. The minimum Gasteiger partial charge on any atom is -0.465 e. The number of ether oxygens (including phenoxy) is 1. The van der Waals surface area contributed by atoms with Gasteiger partial charge in [0, 0.05) is 5.56 Å². The normalized spacial score (nSPS) is 10.5. The zero-order valence-corrected chi connectivity index (χ0v) is 10.4. The second-order valence-electron chi connectivity index (χ2n) is 3.84. The molecule has 0 saturated carbocycles. The molecule has 0 spiro atoms. The van der Waals surface area contributed by atoms with Gasteiger partial charge in [-0.1, -0.05) is 5.16 Å². The summed E-state index contributed by atoms with van der Waals surface area (Å²) in [6, 6.07) is 2.68. The van der Waals surface area contributed by atoms with E-state index in [0.717, 1.165) is 0 Å². The molecule has 7 heteroatoms. The zero-order valence-electron chi connectivity index (χ0n) is 10.4. The summed E-state index contributed by atoms with van der Waals surface area (Å²) in [6.45, 7) is 1.58. The average Bonchev–Trinajstić information content (AvgIpc) is 2.89. The summed E-state index contributed by atoms with van der Waals surface area (Å²) in [5.74, 6) is -0.766. The van der Waals surface area contributed by atoms with E-state index < -0.39 is 11.8 Å². The number of nitrogens with zero attached hydrogens (tertiary/aromatic N) is 2. The van der Waals surface area contributed by atoms with Crippen LogP contribution in [0.3, 0.4) is 0 Å². The Morgan fingerprint density at radius 1 is 1.53 bits per heavy atom. The van der Waals surface area contributed by atoms with Gasteiger partial charge in [0.2, 0.25) is 11.7 Å². The lowest BCUT2D eigenvalue weighted by molar-refractivity contribution is 0.0599. The minimum absolute atomic E-state index is 0.0885. The number of hydrogen-bond acceptors (Lipinski definition) is 6. The summed E-state index contributed by atoms with van der Waals surface area (Å²) in [5, 5.41) is 3.67. The van der Waals surface area contributed by atoms with E-state index in [0.29, 0.717) is 5.56 Å². The van der Waals surface area contributed by atoms with Gasteiger partial charge in [0.25, 0.3) is 0 Å². The first-order valence-electron chi connectivity index (χ1n) is 5.48. The van der Waals surface area contributed by atoms with Crippen LogP contribution in [0.25, 0.3) is 11.4 Å². The molecule has 100 valence electrons. The number of methoxy groups -OCH3 is 1. The fraction of sp³-hybridized carbons (Fsp3) is 0.250. The van der Waals surface area contributed by atoms with Gasteiger partial charge in [-0.3, -0.25) is 0 Å². The van der Waals surface area contributed by atoms with Crippen LogP contribution < -0.4 is 5.73 Å². The van der Waals surface area contributed by atoms with Crippen molar-refractivity contribution in [1.29, 1.82) is 0 Å². The second-order valence-corrected chi connectivity index (χ2v) is 3.84. The Morgan fingerprint density at radius 3 is 2.84 bits per heavy atom. The number of benzene rings is 1. The summed E-state index contributed by atoms with van der Waals surface area (Å²) in [5.41, 5.74) is 6.00. The van der Waals surface area contributed by atoms with Gasteiger partial charge in [0.05, 0.1) is 19.2 Å². The van der Waals surface area contributed by atoms with Gasteiger partial charge in [0.15, 0.2) is 0 Å². The highest BCUT2D eigenvalue weighted by Crippen LogP contribution is 2.23. The average molecular weight is 265 g/mol. The molecule has 0 radical (unpaired) electrons. The third-order valence-electron chi connectivity index (χ3n) is 2.65. The first kappa shape index (κ1) is 13.2. The lowest BCUT2D eigenvalue weighted by atomic mass is 10.0. The number of nitrogens with two attached hydrogens (primary N) is 1. The van der Waals surface area contributed by atoms with Gasteiger partial charge in [-0.15, -0.1) is 0 Å². The molecule has 0 fully saturated rings. The van der Waals surface area contributed by atoms with Gasteiger partial charge in [0.1, 0.15) is 5.82 Å². The molecular formula is C12H12FN3O3. The van der Waals surface area contributed by atoms with Crippen molar-refractivity contribution >= 4 is 5.97 Å². The van der Waals surface area contributed by atoms with Crippen LogP contribution in [0.15, 0.2) is 16.7 Å². The number of aromatic nitrogens is 2. The van der Waals surface area contributed by atoms with E-state index in [-0.39, 0.29) is 29.4 Å². The largest absolute Gasteiger partial charge is 0.465 e. The first-order chi connectivity index (χ1) is 9.06. The van der Waals surface area contributed by atoms with Crippen molar-refractivity contribution in [2.75, 3.05) is 7.11 Å². The second kappa shape index (κ2) is 5.15. The molecule has 2 rings (SSSR count). The molecular weight excluding hydrogens is 253 g/mol. The van der Waals surface area contributed by atoms with E-state index >= 15 is 0 Å². The van der Waals surface area contributed by atoms with Crippen molar-refractivity contribution in [2.45, 2.75) is 13.5 Å². The topological polar surface area (TPSA) is 91.2 Å². The van der Waals surface area contributed by atoms with Crippen LogP contribution in [0.2, 0.25) is 0 Å². The van der Waals surface area contributed by atoms with Gasteiger partial charge in [-0.05, 0) is 24.6 Å². The van der Waals surface area contributed by atoms with E-state index in [2.05, 4.69) is 14.9 Å². The van der Waals surface area contributed by atoms with Crippen LogP contribution in [-0.2, 0) is 11.3 Å². The molecule has 0 aliphatic carbocycles. The SMILES string of the molecule is COC(=O)c1cc(-c2noc(CN)n2)cc(F)c1C. The van der Waals surface area contributed by atoms with Crippen LogP contribution in [0.1, 0.15) is 21.8 Å². The van der Waals surface area contributed by atoms with Gasteiger partial charge in [-0.2, -0.15) is 4.98 Å². The highest BCUT2D eigenvalue weighted by Gasteiger charge is 2.17. The summed E-state index contributed by atoms with van der Waals surface area (Å²) in [6.07, 6.45) is 0. The fourth-order valence-corrected chi connectivity index (χ4v) is 1.58. The molecule has 0 amide bonds. The number of carbonyl (C=O) groups is 1. The number of carbonyl (C=O) groups excluding carboxylic acids is 1. The molecule has 19 heavy (non-hydrogen) atoms. The third kappa shape index (κ3) is 2.45. The first-order valence-corrected chi connectivity index (χ1v) is 5.48. The lowest BCUT2D eigenvalue weighted by Gasteiger charge is -2.06. The summed E-state index contributed by atoms with van der Waals surface area (Å²) < 4.78 is 23.2. The van der Waals surface area contributed by atoms with Crippen molar-refractivity contribution in [3.63, 3.8) is 0 Å². The van der Waals surface area contributed by atoms with Crippen molar-refractivity contribution in [3.8, 4) is 11.4 Å². The zero-order chi connectivity index (χ0) is 14.0. The van der Waals surface area contributed by atoms with Crippen molar-refractivity contribution in [2.24, 2.45) is 5.73 Å².